The van der Waals surface area contributed by atoms with Crippen molar-refractivity contribution in [3.63, 3.8) is 0 Å². The first-order valence-electron chi connectivity index (χ1n) is 5.32. The number of anilines is 1. The Morgan fingerprint density at radius 2 is 2.00 bits per heavy atom. The molecule has 1 heterocycles. The minimum atomic E-state index is -4.40. The lowest BCUT2D eigenvalue weighted by Gasteiger charge is -2.11. The highest BCUT2D eigenvalue weighted by Crippen LogP contribution is 2.33. The van der Waals surface area contributed by atoms with E-state index in [2.05, 4.69) is 15.3 Å². The average Bonchev–Trinajstić information content (AvgIpc) is 2.37. The van der Waals surface area contributed by atoms with Crippen molar-refractivity contribution in [3.8, 4) is 0 Å². The van der Waals surface area contributed by atoms with Crippen LogP contribution in [0, 0.1) is 0 Å². The molecule has 0 spiro atoms. The van der Waals surface area contributed by atoms with E-state index in [1.807, 2.05) is 0 Å². The normalized spacial score (nSPS) is 11.4. The third-order valence-electron chi connectivity index (χ3n) is 2.37. The van der Waals surface area contributed by atoms with Gasteiger partial charge >= 0.3 is 6.18 Å². The van der Waals surface area contributed by atoms with Gasteiger partial charge in [0, 0.05) is 12.4 Å². The van der Waals surface area contributed by atoms with Crippen molar-refractivity contribution in [2.45, 2.75) is 12.7 Å². The maximum Gasteiger partial charge on any atom is 0.416 e. The van der Waals surface area contributed by atoms with E-state index in [0.717, 1.165) is 12.1 Å². The van der Waals surface area contributed by atoms with Crippen LogP contribution in [0.1, 0.15) is 11.3 Å². The fraction of sp³-hybridized carbons (Fsp3) is 0.167. The summed E-state index contributed by atoms with van der Waals surface area (Å²) in [7, 11) is 0. The topological polar surface area (TPSA) is 37.8 Å². The summed E-state index contributed by atoms with van der Waals surface area (Å²) >= 11 is 5.80. The molecule has 0 aliphatic rings. The molecular formula is C12H9ClF3N3. The highest BCUT2D eigenvalue weighted by Gasteiger charge is 2.30. The van der Waals surface area contributed by atoms with E-state index in [1.54, 1.807) is 6.20 Å². The Balaban J connectivity index is 2.10. The van der Waals surface area contributed by atoms with Crippen LogP contribution in [-0.2, 0) is 12.7 Å². The number of hydrogen-bond donors (Lipinski definition) is 1. The molecular weight excluding hydrogens is 279 g/mol. The maximum absolute atomic E-state index is 12.5. The van der Waals surface area contributed by atoms with E-state index >= 15 is 0 Å². The quantitative estimate of drug-likeness (QED) is 0.934. The Bertz CT molecular complexity index is 558. The Morgan fingerprint density at radius 3 is 2.58 bits per heavy atom. The minimum absolute atomic E-state index is 0.0127. The lowest BCUT2D eigenvalue weighted by atomic mass is 10.2. The van der Waals surface area contributed by atoms with Gasteiger partial charge < -0.3 is 5.32 Å². The van der Waals surface area contributed by atoms with Crippen LogP contribution in [0.15, 0.2) is 36.8 Å². The SMILES string of the molecule is FC(F)(F)c1ccc(NCc2cnccn2)c(Cl)c1. The largest absolute Gasteiger partial charge is 0.416 e. The Hall–Kier alpha value is -1.82. The number of rotatable bonds is 3. The number of nitrogens with one attached hydrogen (secondary N) is 1. The molecule has 0 atom stereocenters. The standard InChI is InChI=1S/C12H9ClF3N3/c13-10-5-8(12(14,15)16)1-2-11(10)19-7-9-6-17-3-4-18-9/h1-6,19H,7H2. The number of hydrogen-bond acceptors (Lipinski definition) is 3. The summed E-state index contributed by atoms with van der Waals surface area (Å²) < 4.78 is 37.4. The van der Waals surface area contributed by atoms with Crippen molar-refractivity contribution >= 4 is 17.3 Å². The number of halogens is 4. The van der Waals surface area contributed by atoms with Crippen LogP contribution in [0.3, 0.4) is 0 Å². The number of alkyl halides is 3. The first kappa shape index (κ1) is 13.6. The summed E-state index contributed by atoms with van der Waals surface area (Å²) in [5, 5.41) is 2.92. The molecule has 1 aromatic heterocycles. The third-order valence-corrected chi connectivity index (χ3v) is 2.69. The van der Waals surface area contributed by atoms with Gasteiger partial charge in [0.15, 0.2) is 0 Å². The minimum Gasteiger partial charge on any atom is -0.378 e. The summed E-state index contributed by atoms with van der Waals surface area (Å²) in [6.07, 6.45) is 0.234. The van der Waals surface area contributed by atoms with Crippen LogP contribution in [-0.4, -0.2) is 9.97 Å². The molecule has 0 saturated heterocycles. The molecule has 0 fully saturated rings. The van der Waals surface area contributed by atoms with E-state index < -0.39 is 11.7 Å². The van der Waals surface area contributed by atoms with Crippen LogP contribution in [0.25, 0.3) is 0 Å². The number of nitrogens with zero attached hydrogens (tertiary/aromatic N) is 2. The summed E-state index contributed by atoms with van der Waals surface area (Å²) in [6.45, 7) is 0.332. The molecule has 0 bridgehead atoms. The van der Waals surface area contributed by atoms with Crippen molar-refractivity contribution in [1.29, 1.82) is 0 Å². The van der Waals surface area contributed by atoms with Gasteiger partial charge in [0.2, 0.25) is 0 Å². The molecule has 3 nitrogen and oxygen atoms in total. The summed E-state index contributed by atoms with van der Waals surface area (Å²) in [5.41, 5.74) is 0.307. The molecule has 2 rings (SSSR count). The van der Waals surface area contributed by atoms with Gasteiger partial charge in [0.25, 0.3) is 0 Å². The van der Waals surface area contributed by atoms with Gasteiger partial charge in [0.1, 0.15) is 0 Å². The fourth-order valence-corrected chi connectivity index (χ4v) is 1.69. The zero-order chi connectivity index (χ0) is 13.9. The molecule has 1 aromatic carbocycles. The number of aromatic nitrogens is 2. The molecule has 2 aromatic rings. The van der Waals surface area contributed by atoms with E-state index in [1.165, 1.54) is 18.5 Å². The molecule has 0 aliphatic carbocycles. The maximum atomic E-state index is 12.5. The van der Waals surface area contributed by atoms with Gasteiger partial charge in [-0.15, -0.1) is 0 Å². The monoisotopic (exact) mass is 287 g/mol. The smallest absolute Gasteiger partial charge is 0.378 e. The molecule has 7 heteroatoms. The molecule has 19 heavy (non-hydrogen) atoms. The van der Waals surface area contributed by atoms with E-state index in [4.69, 9.17) is 11.6 Å². The van der Waals surface area contributed by atoms with Gasteiger partial charge in [-0.2, -0.15) is 13.2 Å². The zero-order valence-electron chi connectivity index (χ0n) is 9.58. The predicted molar refractivity (Wildman–Crippen MR) is 65.8 cm³/mol. The second-order valence-corrected chi connectivity index (χ2v) is 4.15. The van der Waals surface area contributed by atoms with Crippen LogP contribution in [0.5, 0.6) is 0 Å². The average molecular weight is 288 g/mol. The van der Waals surface area contributed by atoms with Gasteiger partial charge in [0.05, 0.1) is 34.7 Å². The summed E-state index contributed by atoms with van der Waals surface area (Å²) in [6, 6.07) is 3.16. The molecule has 0 aliphatic heterocycles. The fourth-order valence-electron chi connectivity index (χ4n) is 1.44. The van der Waals surface area contributed by atoms with E-state index in [0.29, 0.717) is 17.9 Å². The van der Waals surface area contributed by atoms with Crippen LogP contribution in [0.4, 0.5) is 18.9 Å². The van der Waals surface area contributed by atoms with Gasteiger partial charge in [-0.05, 0) is 18.2 Å². The molecule has 0 saturated carbocycles. The Morgan fingerprint density at radius 1 is 1.21 bits per heavy atom. The second kappa shape index (κ2) is 5.44. The van der Waals surface area contributed by atoms with E-state index in [-0.39, 0.29) is 5.02 Å². The molecule has 100 valence electrons. The molecule has 0 amide bonds. The predicted octanol–water partition coefficient (Wildman–Crippen LogP) is 3.76. The zero-order valence-corrected chi connectivity index (χ0v) is 10.3. The first-order chi connectivity index (χ1) is 8.97. The Kier molecular flexibility index (Phi) is 3.90. The Labute approximate surface area is 112 Å². The van der Waals surface area contributed by atoms with Crippen LogP contribution in [0.2, 0.25) is 5.02 Å². The third kappa shape index (κ3) is 3.57. The van der Waals surface area contributed by atoms with Crippen molar-refractivity contribution in [1.82, 2.24) is 9.97 Å². The van der Waals surface area contributed by atoms with Gasteiger partial charge in [-0.3, -0.25) is 9.97 Å². The molecule has 1 N–H and O–H groups in total. The van der Waals surface area contributed by atoms with Crippen molar-refractivity contribution in [2.24, 2.45) is 0 Å². The highest BCUT2D eigenvalue weighted by molar-refractivity contribution is 6.33. The van der Waals surface area contributed by atoms with Gasteiger partial charge in [-0.1, -0.05) is 11.6 Å². The summed E-state index contributed by atoms with van der Waals surface area (Å²) in [5.74, 6) is 0. The first-order valence-corrected chi connectivity index (χ1v) is 5.70. The lowest BCUT2D eigenvalue weighted by molar-refractivity contribution is -0.137. The van der Waals surface area contributed by atoms with Crippen molar-refractivity contribution in [3.05, 3.63) is 53.1 Å². The number of benzene rings is 1. The second-order valence-electron chi connectivity index (χ2n) is 3.74. The van der Waals surface area contributed by atoms with Gasteiger partial charge in [-0.25, -0.2) is 0 Å². The van der Waals surface area contributed by atoms with E-state index in [9.17, 15) is 13.2 Å². The van der Waals surface area contributed by atoms with Crippen LogP contribution < -0.4 is 5.32 Å². The summed E-state index contributed by atoms with van der Waals surface area (Å²) in [4.78, 5) is 7.91. The van der Waals surface area contributed by atoms with Crippen molar-refractivity contribution in [2.75, 3.05) is 5.32 Å². The highest BCUT2D eigenvalue weighted by atomic mass is 35.5. The molecule has 0 radical (unpaired) electrons. The van der Waals surface area contributed by atoms with Crippen LogP contribution >= 0.6 is 11.6 Å². The lowest BCUT2D eigenvalue weighted by Crippen LogP contribution is -2.06. The molecule has 0 unspecified atom stereocenters. The van der Waals surface area contributed by atoms with Crippen molar-refractivity contribution < 1.29 is 13.2 Å².